The number of halogens is 1. The van der Waals surface area contributed by atoms with E-state index in [1.165, 1.54) is 0 Å². The quantitative estimate of drug-likeness (QED) is 0.698. The van der Waals surface area contributed by atoms with Crippen LogP contribution in [-0.2, 0) is 6.54 Å². The molecular weight excluding hydrogens is 348 g/mol. The number of benzene rings is 1. The Morgan fingerprint density at radius 3 is 2.69 bits per heavy atom. The molecule has 0 saturated heterocycles. The molecule has 5 rings (SSSR count). The molecule has 2 aliphatic rings. The molecule has 3 heterocycles. The molecule has 130 valence electrons. The number of carbonyl (C=O) groups excluding carboxylic acids is 1. The number of carbonyl (C=O) groups is 1. The fraction of sp³-hybridized carbons (Fsp3) is 0.250. The highest BCUT2D eigenvalue weighted by Crippen LogP contribution is 2.40. The number of para-hydroxylation sites is 1. The molecule has 1 aromatic carbocycles. The van der Waals surface area contributed by atoms with Gasteiger partial charge in [-0.3, -0.25) is 4.79 Å². The van der Waals surface area contributed by atoms with Crippen molar-refractivity contribution in [1.29, 1.82) is 0 Å². The molecule has 1 saturated carbocycles. The van der Waals surface area contributed by atoms with E-state index in [2.05, 4.69) is 4.98 Å². The maximum Gasteiger partial charge on any atom is 0.258 e. The normalized spacial score (nSPS) is 16.4. The van der Waals surface area contributed by atoms with E-state index >= 15 is 0 Å². The van der Waals surface area contributed by atoms with Crippen LogP contribution in [0.1, 0.15) is 34.6 Å². The van der Waals surface area contributed by atoms with Crippen molar-refractivity contribution in [2.45, 2.75) is 32.4 Å². The number of aromatic nitrogens is 2. The zero-order chi connectivity index (χ0) is 18.0. The molecule has 0 spiro atoms. The summed E-state index contributed by atoms with van der Waals surface area (Å²) in [7, 11) is 0. The van der Waals surface area contributed by atoms with Gasteiger partial charge in [-0.1, -0.05) is 29.8 Å². The number of aryl methyl sites for hydroxylation is 1. The lowest BCUT2D eigenvalue weighted by atomic mass is 9.98. The second kappa shape index (κ2) is 5.42. The van der Waals surface area contributed by atoms with Crippen LogP contribution in [0.15, 0.2) is 30.3 Å². The molecule has 1 fully saturated rings. The summed E-state index contributed by atoms with van der Waals surface area (Å²) >= 11 is 6.00. The molecule has 0 radical (unpaired) electrons. The minimum atomic E-state index is 0.0177. The molecule has 5 nitrogen and oxygen atoms in total. The molecule has 1 aliphatic carbocycles. The van der Waals surface area contributed by atoms with Crippen molar-refractivity contribution in [2.24, 2.45) is 0 Å². The number of hydrogen-bond donors (Lipinski definition) is 1. The highest BCUT2D eigenvalue weighted by Gasteiger charge is 2.40. The fourth-order valence-corrected chi connectivity index (χ4v) is 4.00. The van der Waals surface area contributed by atoms with Crippen LogP contribution in [0.25, 0.3) is 22.0 Å². The zero-order valence-corrected chi connectivity index (χ0v) is 15.0. The van der Waals surface area contributed by atoms with E-state index in [0.29, 0.717) is 29.0 Å². The van der Waals surface area contributed by atoms with Crippen LogP contribution in [-0.4, -0.2) is 26.8 Å². The number of nitrogens with two attached hydrogens (primary N) is 1. The van der Waals surface area contributed by atoms with E-state index in [0.717, 1.165) is 46.3 Å². The number of anilines is 1. The second-order valence-electron chi connectivity index (χ2n) is 6.98. The first-order valence-electron chi connectivity index (χ1n) is 8.70. The summed E-state index contributed by atoms with van der Waals surface area (Å²) in [4.78, 5) is 23.9. The average Bonchev–Trinajstić information content (AvgIpc) is 3.39. The SMILES string of the molecule is Cc1nc(Cl)ccc1-c1cccc2c(N)c3c(nc12)CN(C1CC1)C3=O. The predicted molar refractivity (Wildman–Crippen MR) is 102 cm³/mol. The van der Waals surface area contributed by atoms with Crippen LogP contribution in [0.4, 0.5) is 5.69 Å². The zero-order valence-electron chi connectivity index (χ0n) is 14.3. The predicted octanol–water partition coefficient (Wildman–Crippen LogP) is 3.96. The lowest BCUT2D eigenvalue weighted by molar-refractivity contribution is 0.0767. The largest absolute Gasteiger partial charge is 0.397 e. The highest BCUT2D eigenvalue weighted by atomic mass is 35.5. The molecule has 26 heavy (non-hydrogen) atoms. The van der Waals surface area contributed by atoms with Gasteiger partial charge >= 0.3 is 0 Å². The Morgan fingerprint density at radius 1 is 1.15 bits per heavy atom. The van der Waals surface area contributed by atoms with E-state index in [9.17, 15) is 4.79 Å². The number of pyridine rings is 2. The molecule has 6 heteroatoms. The van der Waals surface area contributed by atoms with Crippen molar-refractivity contribution in [1.82, 2.24) is 14.9 Å². The molecule has 3 aromatic rings. The molecule has 0 atom stereocenters. The van der Waals surface area contributed by atoms with E-state index in [-0.39, 0.29) is 5.91 Å². The molecule has 2 N–H and O–H groups in total. The Kier molecular flexibility index (Phi) is 3.25. The summed E-state index contributed by atoms with van der Waals surface area (Å²) in [5, 5.41) is 1.27. The Labute approximate surface area is 155 Å². The first-order valence-corrected chi connectivity index (χ1v) is 9.08. The molecule has 1 amide bonds. The van der Waals surface area contributed by atoms with Crippen LogP contribution in [0.3, 0.4) is 0 Å². The van der Waals surface area contributed by atoms with Gasteiger partial charge in [0.15, 0.2) is 0 Å². The minimum absolute atomic E-state index is 0.0177. The van der Waals surface area contributed by atoms with Gasteiger partial charge in [-0.15, -0.1) is 0 Å². The Bertz CT molecular complexity index is 1090. The average molecular weight is 365 g/mol. The van der Waals surface area contributed by atoms with Gasteiger partial charge in [0.25, 0.3) is 5.91 Å². The highest BCUT2D eigenvalue weighted by molar-refractivity contribution is 6.29. The number of rotatable bonds is 2. The molecule has 2 aromatic heterocycles. The number of hydrogen-bond acceptors (Lipinski definition) is 4. The third-order valence-corrected chi connectivity index (χ3v) is 5.47. The van der Waals surface area contributed by atoms with Gasteiger partial charge in [-0.2, -0.15) is 0 Å². The summed E-state index contributed by atoms with van der Waals surface area (Å²) in [6, 6.07) is 9.95. The van der Waals surface area contributed by atoms with E-state index in [1.807, 2.05) is 36.1 Å². The van der Waals surface area contributed by atoms with E-state index in [1.54, 1.807) is 6.07 Å². The Balaban J connectivity index is 1.75. The van der Waals surface area contributed by atoms with Crippen LogP contribution in [0, 0.1) is 6.92 Å². The summed E-state index contributed by atoms with van der Waals surface area (Å²) in [6.07, 6.45) is 2.14. The van der Waals surface area contributed by atoms with Gasteiger partial charge in [0.2, 0.25) is 0 Å². The smallest absolute Gasteiger partial charge is 0.258 e. The van der Waals surface area contributed by atoms with Gasteiger partial charge in [-0.05, 0) is 31.9 Å². The monoisotopic (exact) mass is 364 g/mol. The lowest BCUT2D eigenvalue weighted by Gasteiger charge is -2.13. The number of nitrogens with zero attached hydrogens (tertiary/aromatic N) is 3. The topological polar surface area (TPSA) is 72.1 Å². The summed E-state index contributed by atoms with van der Waals surface area (Å²) in [6.45, 7) is 2.47. The molecule has 0 bridgehead atoms. The van der Waals surface area contributed by atoms with Gasteiger partial charge in [0.05, 0.1) is 29.0 Å². The van der Waals surface area contributed by atoms with E-state index in [4.69, 9.17) is 22.3 Å². The van der Waals surface area contributed by atoms with Crippen LogP contribution < -0.4 is 5.73 Å². The summed E-state index contributed by atoms with van der Waals surface area (Å²) in [5.74, 6) is 0.0177. The maximum atomic E-state index is 12.8. The van der Waals surface area contributed by atoms with Crippen molar-refractivity contribution in [2.75, 3.05) is 5.73 Å². The number of fused-ring (bicyclic) bond motifs is 2. The van der Waals surface area contributed by atoms with Crippen molar-refractivity contribution in [3.8, 4) is 11.1 Å². The lowest BCUT2D eigenvalue weighted by Crippen LogP contribution is -2.26. The molecule has 0 unspecified atom stereocenters. The van der Waals surface area contributed by atoms with Crippen LogP contribution in [0.5, 0.6) is 0 Å². The molecule has 1 aliphatic heterocycles. The third kappa shape index (κ3) is 2.20. The fourth-order valence-electron chi connectivity index (χ4n) is 3.81. The van der Waals surface area contributed by atoms with E-state index < -0.39 is 0 Å². The van der Waals surface area contributed by atoms with Gasteiger partial charge in [-0.25, -0.2) is 9.97 Å². The van der Waals surface area contributed by atoms with Crippen LogP contribution >= 0.6 is 11.6 Å². The Morgan fingerprint density at radius 2 is 1.96 bits per heavy atom. The first-order chi connectivity index (χ1) is 12.5. The van der Waals surface area contributed by atoms with Gasteiger partial charge in [0.1, 0.15) is 5.15 Å². The number of nitrogen functional groups attached to an aromatic ring is 1. The second-order valence-corrected chi connectivity index (χ2v) is 7.37. The number of amides is 1. The van der Waals surface area contributed by atoms with Gasteiger partial charge in [0, 0.05) is 28.2 Å². The minimum Gasteiger partial charge on any atom is -0.397 e. The summed E-state index contributed by atoms with van der Waals surface area (Å²) in [5.41, 5.74) is 11.9. The van der Waals surface area contributed by atoms with Crippen molar-refractivity contribution >= 4 is 34.1 Å². The Hall–Kier alpha value is -2.66. The van der Waals surface area contributed by atoms with Crippen molar-refractivity contribution in [3.05, 3.63) is 52.4 Å². The molecular formula is C20H17ClN4O. The van der Waals surface area contributed by atoms with Gasteiger partial charge < -0.3 is 10.6 Å². The van der Waals surface area contributed by atoms with Crippen molar-refractivity contribution in [3.63, 3.8) is 0 Å². The third-order valence-electron chi connectivity index (χ3n) is 5.26. The summed E-state index contributed by atoms with van der Waals surface area (Å²) < 4.78 is 0. The maximum absolute atomic E-state index is 12.8. The standard InChI is InChI=1S/C20H17ClN4O/c1-10-12(7-8-16(21)23-10)13-3-2-4-14-18(22)17-15(24-19(13)14)9-25(20(17)26)11-5-6-11/h2-4,7-8,11H,5-6,9H2,1H3,(H2,22,24). The van der Waals surface area contributed by atoms with Crippen LogP contribution in [0.2, 0.25) is 5.15 Å². The van der Waals surface area contributed by atoms with Crippen molar-refractivity contribution < 1.29 is 4.79 Å². The first kappa shape index (κ1) is 15.6.